The summed E-state index contributed by atoms with van der Waals surface area (Å²) >= 11 is 0. The molecule has 0 saturated carbocycles. The van der Waals surface area contributed by atoms with Crippen LogP contribution in [-0.2, 0) is 12.0 Å². The molecule has 1 aromatic heterocycles. The molecular formula is C23H25N3O3. The van der Waals surface area contributed by atoms with Crippen LogP contribution in [0.15, 0.2) is 54.6 Å². The van der Waals surface area contributed by atoms with E-state index in [0.717, 1.165) is 11.3 Å². The van der Waals surface area contributed by atoms with Gasteiger partial charge in [0.25, 0.3) is 5.91 Å². The second-order valence-electron chi connectivity index (χ2n) is 8.12. The number of benzene rings is 2. The van der Waals surface area contributed by atoms with Crippen LogP contribution in [0.3, 0.4) is 0 Å². The molecule has 0 aliphatic carbocycles. The van der Waals surface area contributed by atoms with E-state index in [-0.39, 0.29) is 11.3 Å². The standard InChI is InChI=1S/C23H25N3O3/c1-23(2,3)21-14-18(26(25-21)15-16-7-5-4-6-8-16)22(27)24-17-9-10-19-20(13-17)29-12-11-28-19/h4-10,13-14H,11-12,15H2,1-3H3,(H,24,27). The lowest BCUT2D eigenvalue weighted by Gasteiger charge is -2.19. The molecule has 4 rings (SSSR count). The Balaban J connectivity index is 1.62. The molecule has 29 heavy (non-hydrogen) atoms. The van der Waals surface area contributed by atoms with Gasteiger partial charge in [-0.3, -0.25) is 9.48 Å². The zero-order valence-corrected chi connectivity index (χ0v) is 16.9. The van der Waals surface area contributed by atoms with Gasteiger partial charge in [0.1, 0.15) is 18.9 Å². The molecule has 1 aliphatic heterocycles. The highest BCUT2D eigenvalue weighted by Crippen LogP contribution is 2.33. The molecule has 0 fully saturated rings. The van der Waals surface area contributed by atoms with Crippen molar-refractivity contribution in [2.45, 2.75) is 32.7 Å². The molecule has 0 saturated heterocycles. The van der Waals surface area contributed by atoms with E-state index in [9.17, 15) is 4.79 Å². The minimum atomic E-state index is -0.208. The zero-order valence-electron chi connectivity index (χ0n) is 16.9. The summed E-state index contributed by atoms with van der Waals surface area (Å²) in [5.74, 6) is 1.13. The van der Waals surface area contributed by atoms with Gasteiger partial charge in [0, 0.05) is 17.2 Å². The van der Waals surface area contributed by atoms with Gasteiger partial charge < -0.3 is 14.8 Å². The monoisotopic (exact) mass is 391 g/mol. The Bertz CT molecular complexity index is 1020. The van der Waals surface area contributed by atoms with Crippen LogP contribution in [-0.4, -0.2) is 28.9 Å². The third-order valence-electron chi connectivity index (χ3n) is 4.76. The first-order chi connectivity index (χ1) is 13.9. The van der Waals surface area contributed by atoms with Crippen LogP contribution >= 0.6 is 0 Å². The fourth-order valence-corrected chi connectivity index (χ4v) is 3.16. The second-order valence-corrected chi connectivity index (χ2v) is 8.12. The first-order valence-electron chi connectivity index (χ1n) is 9.73. The van der Waals surface area contributed by atoms with Crippen molar-refractivity contribution >= 4 is 11.6 Å². The Labute approximate surface area is 170 Å². The normalized spacial score (nSPS) is 13.2. The molecule has 1 amide bonds. The van der Waals surface area contributed by atoms with Gasteiger partial charge in [0.2, 0.25) is 0 Å². The first-order valence-corrected chi connectivity index (χ1v) is 9.73. The largest absolute Gasteiger partial charge is 0.486 e. The van der Waals surface area contributed by atoms with Gasteiger partial charge in [-0.1, -0.05) is 51.1 Å². The number of ether oxygens (including phenoxy) is 2. The number of aromatic nitrogens is 2. The number of anilines is 1. The number of carbonyl (C=O) groups is 1. The highest BCUT2D eigenvalue weighted by molar-refractivity contribution is 6.03. The van der Waals surface area contributed by atoms with E-state index in [2.05, 4.69) is 26.1 Å². The summed E-state index contributed by atoms with van der Waals surface area (Å²) in [6, 6.07) is 17.3. The fourth-order valence-electron chi connectivity index (χ4n) is 3.16. The molecular weight excluding hydrogens is 366 g/mol. The lowest BCUT2D eigenvalue weighted by molar-refractivity contribution is 0.101. The average Bonchev–Trinajstić information content (AvgIpc) is 3.13. The third kappa shape index (κ3) is 4.26. The average molecular weight is 391 g/mol. The highest BCUT2D eigenvalue weighted by Gasteiger charge is 2.23. The number of hydrogen-bond donors (Lipinski definition) is 1. The van der Waals surface area contributed by atoms with E-state index in [4.69, 9.17) is 14.6 Å². The Kier molecular flexibility index (Phi) is 5.01. The van der Waals surface area contributed by atoms with Crippen molar-refractivity contribution in [3.05, 3.63) is 71.5 Å². The Morgan fingerprint density at radius 3 is 2.48 bits per heavy atom. The smallest absolute Gasteiger partial charge is 0.273 e. The van der Waals surface area contributed by atoms with E-state index in [1.54, 1.807) is 10.7 Å². The maximum atomic E-state index is 13.1. The van der Waals surface area contributed by atoms with E-state index < -0.39 is 0 Å². The van der Waals surface area contributed by atoms with Gasteiger partial charge in [-0.15, -0.1) is 0 Å². The molecule has 0 radical (unpaired) electrons. The van der Waals surface area contributed by atoms with Gasteiger partial charge in [0.15, 0.2) is 11.5 Å². The van der Waals surface area contributed by atoms with Gasteiger partial charge >= 0.3 is 0 Å². The number of carbonyl (C=O) groups excluding carboxylic acids is 1. The van der Waals surface area contributed by atoms with Gasteiger partial charge in [0.05, 0.1) is 12.2 Å². The van der Waals surface area contributed by atoms with Crippen molar-refractivity contribution in [1.29, 1.82) is 0 Å². The van der Waals surface area contributed by atoms with Crippen LogP contribution in [0.2, 0.25) is 0 Å². The van der Waals surface area contributed by atoms with Crippen LogP contribution in [0, 0.1) is 0 Å². The van der Waals surface area contributed by atoms with Crippen molar-refractivity contribution in [2.75, 3.05) is 18.5 Å². The molecule has 0 spiro atoms. The highest BCUT2D eigenvalue weighted by atomic mass is 16.6. The lowest BCUT2D eigenvalue weighted by Crippen LogP contribution is -2.19. The van der Waals surface area contributed by atoms with E-state index in [1.807, 2.05) is 48.5 Å². The SMILES string of the molecule is CC(C)(C)c1cc(C(=O)Nc2ccc3c(c2)OCCO3)n(Cc2ccccc2)n1. The van der Waals surface area contributed by atoms with Crippen LogP contribution in [0.1, 0.15) is 42.5 Å². The number of amides is 1. The molecule has 0 bridgehead atoms. The number of hydrogen-bond acceptors (Lipinski definition) is 4. The van der Waals surface area contributed by atoms with E-state index in [1.165, 1.54) is 0 Å². The minimum absolute atomic E-state index is 0.159. The van der Waals surface area contributed by atoms with Crippen LogP contribution < -0.4 is 14.8 Å². The Morgan fingerprint density at radius 2 is 1.76 bits per heavy atom. The second kappa shape index (κ2) is 7.62. The van der Waals surface area contributed by atoms with Crippen LogP contribution in [0.4, 0.5) is 5.69 Å². The quantitative estimate of drug-likeness (QED) is 0.722. The Hall–Kier alpha value is -3.28. The number of nitrogens with zero attached hydrogens (tertiary/aromatic N) is 2. The molecule has 6 heteroatoms. The molecule has 150 valence electrons. The fraction of sp³-hybridized carbons (Fsp3) is 0.304. The topological polar surface area (TPSA) is 65.4 Å². The summed E-state index contributed by atoms with van der Waals surface area (Å²) in [6.45, 7) is 7.83. The summed E-state index contributed by atoms with van der Waals surface area (Å²) in [4.78, 5) is 13.1. The number of nitrogens with one attached hydrogen (secondary N) is 1. The van der Waals surface area contributed by atoms with Crippen molar-refractivity contribution in [2.24, 2.45) is 0 Å². The van der Waals surface area contributed by atoms with Crippen LogP contribution in [0.25, 0.3) is 0 Å². The maximum Gasteiger partial charge on any atom is 0.273 e. The number of fused-ring (bicyclic) bond motifs is 1. The van der Waals surface area contributed by atoms with Crippen molar-refractivity contribution in [1.82, 2.24) is 9.78 Å². The van der Waals surface area contributed by atoms with Gasteiger partial charge in [-0.05, 0) is 23.8 Å². The van der Waals surface area contributed by atoms with Crippen molar-refractivity contribution in [3.63, 3.8) is 0 Å². The summed E-state index contributed by atoms with van der Waals surface area (Å²) in [5.41, 5.74) is 2.98. The molecule has 2 heterocycles. The predicted molar refractivity (Wildman–Crippen MR) is 112 cm³/mol. The summed E-state index contributed by atoms with van der Waals surface area (Å²) in [7, 11) is 0. The first kappa shape index (κ1) is 19.1. The van der Waals surface area contributed by atoms with Gasteiger partial charge in [-0.25, -0.2) is 0 Å². The van der Waals surface area contributed by atoms with Crippen molar-refractivity contribution in [3.8, 4) is 11.5 Å². The Morgan fingerprint density at radius 1 is 1.03 bits per heavy atom. The van der Waals surface area contributed by atoms with Crippen molar-refractivity contribution < 1.29 is 14.3 Å². The third-order valence-corrected chi connectivity index (χ3v) is 4.76. The van der Waals surface area contributed by atoms with Gasteiger partial charge in [-0.2, -0.15) is 5.10 Å². The molecule has 6 nitrogen and oxygen atoms in total. The maximum absolute atomic E-state index is 13.1. The molecule has 0 atom stereocenters. The van der Waals surface area contributed by atoms with E-state index in [0.29, 0.717) is 42.6 Å². The predicted octanol–water partition coefficient (Wildman–Crippen LogP) is 4.25. The molecule has 2 aromatic carbocycles. The minimum Gasteiger partial charge on any atom is -0.486 e. The molecule has 1 N–H and O–H groups in total. The summed E-state index contributed by atoms with van der Waals surface area (Å²) in [6.07, 6.45) is 0. The van der Waals surface area contributed by atoms with Crippen LogP contribution in [0.5, 0.6) is 11.5 Å². The number of rotatable bonds is 4. The summed E-state index contributed by atoms with van der Waals surface area (Å²) in [5, 5.41) is 7.68. The summed E-state index contributed by atoms with van der Waals surface area (Å²) < 4.78 is 12.9. The zero-order chi connectivity index (χ0) is 20.4. The molecule has 1 aliphatic rings. The molecule has 0 unspecified atom stereocenters. The van der Waals surface area contributed by atoms with E-state index >= 15 is 0 Å². The molecule has 3 aromatic rings. The lowest BCUT2D eigenvalue weighted by atomic mass is 9.92.